The normalized spacial score (nSPS) is 11.0. The van der Waals surface area contributed by atoms with Gasteiger partial charge in [-0.15, -0.1) is 0 Å². The lowest BCUT2D eigenvalue weighted by Crippen LogP contribution is -2.96. The van der Waals surface area contributed by atoms with Gasteiger partial charge in [-0.1, -0.05) is 11.6 Å². The first-order chi connectivity index (χ1) is 10.0. The quantitative estimate of drug-likeness (QED) is 0.351. The number of hydrogen-bond acceptors (Lipinski definition) is 1. The average Bonchev–Trinajstić information content (AvgIpc) is 2.42. The lowest BCUT2D eigenvalue weighted by molar-refractivity contribution is -0.459. The van der Waals surface area contributed by atoms with Crippen molar-refractivity contribution < 1.29 is 14.7 Å². The summed E-state index contributed by atoms with van der Waals surface area (Å²) < 4.78 is 5.67. The molecular weight excluding hydrogens is 290 g/mol. The van der Waals surface area contributed by atoms with Crippen LogP contribution in [0.25, 0.3) is 0 Å². The number of hydrogen-bond donors (Lipinski definition) is 5. The molecule has 8 N–H and O–H groups in total. The first-order valence-electron chi connectivity index (χ1n) is 6.11. The minimum Gasteiger partial charge on any atom is -0.457 e. The second-order valence-corrected chi connectivity index (χ2v) is 4.64. The van der Waals surface area contributed by atoms with Crippen molar-refractivity contribution >= 4 is 29.2 Å². The molecule has 0 radical (unpaired) electrons. The summed E-state index contributed by atoms with van der Waals surface area (Å²) in [6.07, 6.45) is 0. The molecule has 7 heteroatoms. The van der Waals surface area contributed by atoms with E-state index in [1.165, 1.54) is 0 Å². The summed E-state index contributed by atoms with van der Waals surface area (Å²) >= 11 is 5.82. The Labute approximate surface area is 126 Å². The van der Waals surface area contributed by atoms with Gasteiger partial charge < -0.3 is 4.74 Å². The lowest BCUT2D eigenvalue weighted by atomic mass is 10.3. The average molecular weight is 306 g/mol. The van der Waals surface area contributed by atoms with E-state index in [-0.39, 0.29) is 11.9 Å². The van der Waals surface area contributed by atoms with Crippen molar-refractivity contribution in [1.82, 2.24) is 0 Å². The van der Waals surface area contributed by atoms with Crippen molar-refractivity contribution in [2.24, 2.45) is 17.2 Å². The molecular formula is C14H16ClN5O+2. The molecule has 0 aliphatic carbocycles. The smallest absolute Gasteiger partial charge is 0.390 e. The molecule has 0 aliphatic rings. The van der Waals surface area contributed by atoms with Crippen LogP contribution in [0.5, 0.6) is 11.5 Å². The minimum atomic E-state index is 0.0164. The summed E-state index contributed by atoms with van der Waals surface area (Å²) in [5, 5.41) is 0.663. The number of halogens is 1. The minimum absolute atomic E-state index is 0.0164. The fourth-order valence-corrected chi connectivity index (χ4v) is 1.71. The maximum Gasteiger partial charge on any atom is 0.390 e. The maximum absolute atomic E-state index is 5.82. The Morgan fingerprint density at radius 1 is 0.857 bits per heavy atom. The van der Waals surface area contributed by atoms with Gasteiger partial charge in [0.25, 0.3) is 0 Å². The Kier molecular flexibility index (Phi) is 4.63. The Morgan fingerprint density at radius 3 is 1.90 bits per heavy atom. The molecule has 0 saturated heterocycles. The van der Waals surface area contributed by atoms with Crippen molar-refractivity contribution in [3.05, 3.63) is 53.6 Å². The van der Waals surface area contributed by atoms with Crippen molar-refractivity contribution in [2.75, 3.05) is 0 Å². The van der Waals surface area contributed by atoms with E-state index in [0.29, 0.717) is 16.5 Å². The van der Waals surface area contributed by atoms with Gasteiger partial charge in [0, 0.05) is 5.02 Å². The molecule has 0 saturated carbocycles. The van der Waals surface area contributed by atoms with Gasteiger partial charge in [-0.2, -0.15) is 4.99 Å². The van der Waals surface area contributed by atoms with Gasteiger partial charge in [-0.05, 0) is 48.5 Å². The SMILES string of the molecule is NC(N)=[NH+]C(N)=[NH+]c1ccc(Oc2ccc(Cl)cc2)cc1. The van der Waals surface area contributed by atoms with Gasteiger partial charge in [-0.25, -0.2) is 4.99 Å². The molecule has 0 fully saturated rings. The topological polar surface area (TPSA) is 115 Å². The number of benzene rings is 2. The fraction of sp³-hybridized carbons (Fsp3) is 0. The van der Waals surface area contributed by atoms with Crippen LogP contribution in [0.15, 0.2) is 48.5 Å². The van der Waals surface area contributed by atoms with Gasteiger partial charge in [0.1, 0.15) is 17.2 Å². The first kappa shape index (κ1) is 14.7. The van der Waals surface area contributed by atoms with E-state index in [2.05, 4.69) is 9.98 Å². The third-order valence-corrected chi connectivity index (χ3v) is 2.71. The molecule has 21 heavy (non-hydrogen) atoms. The van der Waals surface area contributed by atoms with E-state index in [0.717, 1.165) is 5.69 Å². The molecule has 0 aromatic heterocycles. The van der Waals surface area contributed by atoms with Gasteiger partial charge >= 0.3 is 11.9 Å². The highest BCUT2D eigenvalue weighted by Crippen LogP contribution is 2.23. The number of ether oxygens (including phenoxy) is 1. The van der Waals surface area contributed by atoms with E-state index in [1.807, 2.05) is 12.1 Å². The number of rotatable bonds is 3. The fourth-order valence-electron chi connectivity index (χ4n) is 1.59. The molecule has 0 heterocycles. The van der Waals surface area contributed by atoms with Crippen molar-refractivity contribution in [2.45, 2.75) is 0 Å². The van der Waals surface area contributed by atoms with E-state index < -0.39 is 0 Å². The third kappa shape index (κ3) is 4.70. The molecule has 0 aliphatic heterocycles. The predicted molar refractivity (Wildman–Crippen MR) is 82.1 cm³/mol. The zero-order valence-electron chi connectivity index (χ0n) is 11.1. The standard InChI is InChI=1S/C14H14ClN5O/c15-9-1-5-11(6-2-9)21-12-7-3-10(4-8-12)19-14(18)20-13(16)17/h1-8H,(H6,16,17,18,19,20)/p+2. The van der Waals surface area contributed by atoms with Crippen LogP contribution < -0.4 is 31.9 Å². The molecule has 0 unspecified atom stereocenters. The highest BCUT2D eigenvalue weighted by Gasteiger charge is 2.01. The summed E-state index contributed by atoms with van der Waals surface area (Å²) in [7, 11) is 0. The number of nitrogens with two attached hydrogens (primary N) is 3. The first-order valence-corrected chi connectivity index (χ1v) is 6.48. The van der Waals surface area contributed by atoms with Crippen molar-refractivity contribution in [3.8, 4) is 11.5 Å². The maximum atomic E-state index is 5.82. The number of guanidine groups is 2. The molecule has 0 amide bonds. The van der Waals surface area contributed by atoms with Crippen LogP contribution in [-0.2, 0) is 0 Å². The molecule has 2 aromatic rings. The molecule has 0 spiro atoms. The summed E-state index contributed by atoms with van der Waals surface area (Å²) in [5.41, 5.74) is 17.0. The summed E-state index contributed by atoms with van der Waals surface area (Å²) in [6, 6.07) is 14.4. The Bertz CT molecular complexity index is 661. The van der Waals surface area contributed by atoms with E-state index in [4.69, 9.17) is 33.5 Å². The van der Waals surface area contributed by atoms with Crippen LogP contribution >= 0.6 is 11.6 Å². The van der Waals surface area contributed by atoms with Crippen molar-refractivity contribution in [1.29, 1.82) is 0 Å². The van der Waals surface area contributed by atoms with Crippen LogP contribution in [0.1, 0.15) is 0 Å². The molecule has 6 nitrogen and oxygen atoms in total. The molecule has 2 aromatic carbocycles. The van der Waals surface area contributed by atoms with E-state index in [1.54, 1.807) is 36.4 Å². The monoisotopic (exact) mass is 305 g/mol. The van der Waals surface area contributed by atoms with Gasteiger partial charge in [0.2, 0.25) is 0 Å². The molecule has 2 rings (SSSR count). The second-order valence-electron chi connectivity index (χ2n) is 4.20. The Hall–Kier alpha value is -2.73. The van der Waals surface area contributed by atoms with Crippen LogP contribution in [0, 0.1) is 0 Å². The van der Waals surface area contributed by atoms with Gasteiger partial charge in [0.15, 0.2) is 0 Å². The van der Waals surface area contributed by atoms with Gasteiger partial charge in [-0.3, -0.25) is 17.2 Å². The molecule has 0 atom stereocenters. The highest BCUT2D eigenvalue weighted by atomic mass is 35.5. The third-order valence-electron chi connectivity index (χ3n) is 2.46. The highest BCUT2D eigenvalue weighted by molar-refractivity contribution is 6.30. The number of nitrogens with one attached hydrogen (secondary N) is 2. The van der Waals surface area contributed by atoms with Crippen molar-refractivity contribution in [3.63, 3.8) is 0 Å². The van der Waals surface area contributed by atoms with Gasteiger partial charge in [0.05, 0.1) is 0 Å². The van der Waals surface area contributed by atoms with E-state index in [9.17, 15) is 0 Å². The van der Waals surface area contributed by atoms with Crippen LogP contribution in [0.4, 0.5) is 5.69 Å². The van der Waals surface area contributed by atoms with Crippen LogP contribution in [-0.4, -0.2) is 11.9 Å². The van der Waals surface area contributed by atoms with E-state index >= 15 is 0 Å². The summed E-state index contributed by atoms with van der Waals surface area (Å²) in [6.45, 7) is 0. The second kappa shape index (κ2) is 6.62. The zero-order chi connectivity index (χ0) is 15.2. The Morgan fingerprint density at radius 2 is 1.38 bits per heavy atom. The summed E-state index contributed by atoms with van der Waals surface area (Å²) in [5.74, 6) is 1.65. The predicted octanol–water partition coefficient (Wildman–Crippen LogP) is -1.49. The molecule has 0 bridgehead atoms. The summed E-state index contributed by atoms with van der Waals surface area (Å²) in [4.78, 5) is 5.46. The molecule has 108 valence electrons. The van der Waals surface area contributed by atoms with Crippen LogP contribution in [0.2, 0.25) is 5.02 Å². The largest absolute Gasteiger partial charge is 0.457 e. The van der Waals surface area contributed by atoms with Crippen LogP contribution in [0.3, 0.4) is 0 Å². The zero-order valence-corrected chi connectivity index (χ0v) is 11.9. The Balaban J connectivity index is 2.08. The lowest BCUT2D eigenvalue weighted by Gasteiger charge is -2.05.